The summed E-state index contributed by atoms with van der Waals surface area (Å²) in [6, 6.07) is 2.08. The molecule has 0 aliphatic heterocycles. The monoisotopic (exact) mass is 122 g/mol. The highest BCUT2D eigenvalue weighted by Gasteiger charge is 1.89. The quantitative estimate of drug-likeness (QED) is 0.632. The molecule has 1 heteroatoms. The second-order valence-electron chi connectivity index (χ2n) is 2.23. The van der Waals surface area contributed by atoms with Gasteiger partial charge in [0, 0.05) is 6.20 Å². The van der Waals surface area contributed by atoms with E-state index < -0.39 is 0 Å². The van der Waals surface area contributed by atoms with Crippen LogP contribution in [0.25, 0.3) is 0 Å². The van der Waals surface area contributed by atoms with Crippen molar-refractivity contribution in [1.82, 2.24) is 4.98 Å². The zero-order valence-corrected chi connectivity index (χ0v) is 5.78. The second-order valence-corrected chi connectivity index (χ2v) is 2.23. The van der Waals surface area contributed by atoms with Crippen LogP contribution < -0.4 is 0 Å². The molecule has 1 aromatic rings. The molecule has 1 nitrogen and oxygen atoms in total. The second kappa shape index (κ2) is 3.33. The van der Waals surface area contributed by atoms with Crippen molar-refractivity contribution in [2.45, 2.75) is 26.2 Å². The third-order valence-corrected chi connectivity index (χ3v) is 1.40. The van der Waals surface area contributed by atoms with E-state index in [0.717, 1.165) is 0 Å². The van der Waals surface area contributed by atoms with E-state index in [1.165, 1.54) is 24.8 Å². The largest absolute Gasteiger partial charge is 0.360 e. The third-order valence-electron chi connectivity index (χ3n) is 1.40. The van der Waals surface area contributed by atoms with E-state index >= 15 is 0 Å². The zero-order valence-electron chi connectivity index (χ0n) is 5.78. The van der Waals surface area contributed by atoms with E-state index in [-0.39, 0.29) is 0 Å². The van der Waals surface area contributed by atoms with Gasteiger partial charge in [-0.05, 0) is 24.5 Å². The summed E-state index contributed by atoms with van der Waals surface area (Å²) in [5.41, 5.74) is 1.30. The summed E-state index contributed by atoms with van der Waals surface area (Å²) in [7, 11) is 0. The Morgan fingerprint density at radius 2 is 2.56 bits per heavy atom. The van der Waals surface area contributed by atoms with Crippen molar-refractivity contribution in [3.63, 3.8) is 0 Å². The molecule has 49 valence electrons. The standard InChI is InChI=1S/C8H12N/c1-2-3-4-8-5-6-9-7-8/h5-6,9H,2-4H2,1H3. The van der Waals surface area contributed by atoms with E-state index in [1.54, 1.807) is 0 Å². The first-order chi connectivity index (χ1) is 4.43. The molecule has 0 spiro atoms. The molecule has 1 N–H and O–H groups in total. The Morgan fingerprint density at radius 3 is 3.11 bits per heavy atom. The molecule has 0 aliphatic rings. The van der Waals surface area contributed by atoms with Gasteiger partial charge >= 0.3 is 0 Å². The molecule has 0 aromatic carbocycles. The molecule has 0 aliphatic carbocycles. The maximum Gasteiger partial charge on any atom is 0.0654 e. The van der Waals surface area contributed by atoms with E-state index in [9.17, 15) is 0 Å². The highest BCUT2D eigenvalue weighted by molar-refractivity contribution is 5.06. The van der Waals surface area contributed by atoms with Crippen LogP contribution in [0.3, 0.4) is 0 Å². The van der Waals surface area contributed by atoms with Crippen LogP contribution in [0.15, 0.2) is 12.3 Å². The van der Waals surface area contributed by atoms with Gasteiger partial charge in [-0.1, -0.05) is 13.3 Å². The first-order valence-electron chi connectivity index (χ1n) is 3.47. The van der Waals surface area contributed by atoms with Crippen molar-refractivity contribution in [1.29, 1.82) is 0 Å². The highest BCUT2D eigenvalue weighted by Crippen LogP contribution is 2.01. The van der Waals surface area contributed by atoms with Gasteiger partial charge in [-0.15, -0.1) is 0 Å². The number of unbranched alkanes of at least 4 members (excludes halogenated alkanes) is 1. The van der Waals surface area contributed by atoms with E-state index in [1.807, 2.05) is 6.20 Å². The minimum Gasteiger partial charge on any atom is -0.360 e. The van der Waals surface area contributed by atoms with Crippen LogP contribution >= 0.6 is 0 Å². The number of aromatic amines is 1. The zero-order chi connectivity index (χ0) is 6.53. The average Bonchev–Trinajstić information content (AvgIpc) is 2.34. The molecule has 1 aromatic heterocycles. The van der Waals surface area contributed by atoms with E-state index in [4.69, 9.17) is 0 Å². The van der Waals surface area contributed by atoms with Crippen LogP contribution in [0.4, 0.5) is 0 Å². The molecule has 0 bridgehead atoms. The summed E-state index contributed by atoms with van der Waals surface area (Å²) < 4.78 is 0. The van der Waals surface area contributed by atoms with Crippen molar-refractivity contribution in [2.75, 3.05) is 0 Å². The predicted octanol–water partition coefficient (Wildman–Crippen LogP) is 2.16. The minimum atomic E-state index is 1.17. The summed E-state index contributed by atoms with van der Waals surface area (Å²) in [5, 5.41) is 0. The molecule has 0 amide bonds. The van der Waals surface area contributed by atoms with Gasteiger partial charge in [-0.2, -0.15) is 0 Å². The number of aryl methyl sites for hydroxylation is 1. The van der Waals surface area contributed by atoms with Crippen molar-refractivity contribution in [2.24, 2.45) is 0 Å². The smallest absolute Gasteiger partial charge is 0.0654 e. The fourth-order valence-corrected chi connectivity index (χ4v) is 0.831. The first kappa shape index (κ1) is 6.40. The fraction of sp³-hybridized carbons (Fsp3) is 0.500. The summed E-state index contributed by atoms with van der Waals surface area (Å²) in [6.07, 6.45) is 8.67. The minimum absolute atomic E-state index is 1.17. The van der Waals surface area contributed by atoms with Crippen LogP contribution in [-0.2, 0) is 6.42 Å². The van der Waals surface area contributed by atoms with Gasteiger partial charge in [0.15, 0.2) is 0 Å². The van der Waals surface area contributed by atoms with Crippen LogP contribution in [-0.4, -0.2) is 4.98 Å². The molecular weight excluding hydrogens is 110 g/mol. The normalized spacial score (nSPS) is 9.89. The summed E-state index contributed by atoms with van der Waals surface area (Å²) in [6.45, 7) is 2.20. The Bertz CT molecular complexity index is 142. The molecule has 9 heavy (non-hydrogen) atoms. The molecule has 1 heterocycles. The number of rotatable bonds is 3. The fourth-order valence-electron chi connectivity index (χ4n) is 0.831. The lowest BCUT2D eigenvalue weighted by Gasteiger charge is -1.90. The number of aromatic nitrogens is 1. The van der Waals surface area contributed by atoms with E-state index in [2.05, 4.69) is 24.2 Å². The van der Waals surface area contributed by atoms with Gasteiger partial charge in [0.1, 0.15) is 0 Å². The average molecular weight is 122 g/mol. The van der Waals surface area contributed by atoms with Gasteiger partial charge in [0.2, 0.25) is 0 Å². The van der Waals surface area contributed by atoms with Gasteiger partial charge in [-0.3, -0.25) is 0 Å². The van der Waals surface area contributed by atoms with Crippen molar-refractivity contribution in [3.05, 3.63) is 24.0 Å². The SMILES string of the molecule is CCCCc1[c][nH]cc1. The summed E-state index contributed by atoms with van der Waals surface area (Å²) >= 11 is 0. The molecule has 0 atom stereocenters. The molecular formula is C8H12N. The van der Waals surface area contributed by atoms with Crippen molar-refractivity contribution < 1.29 is 0 Å². The molecule has 1 radical (unpaired) electrons. The molecule has 0 unspecified atom stereocenters. The maximum atomic E-state index is 3.05. The Kier molecular flexibility index (Phi) is 2.37. The van der Waals surface area contributed by atoms with Gasteiger partial charge in [0.05, 0.1) is 6.20 Å². The molecule has 0 fully saturated rings. The van der Waals surface area contributed by atoms with Gasteiger partial charge < -0.3 is 4.98 Å². The van der Waals surface area contributed by atoms with Crippen LogP contribution in [0.1, 0.15) is 25.3 Å². The lowest BCUT2D eigenvalue weighted by atomic mass is 10.2. The summed E-state index contributed by atoms with van der Waals surface area (Å²) in [5.74, 6) is 0. The Morgan fingerprint density at radius 1 is 1.67 bits per heavy atom. The Labute approximate surface area is 56.1 Å². The molecule has 0 saturated carbocycles. The number of H-pyrrole nitrogens is 1. The first-order valence-corrected chi connectivity index (χ1v) is 3.47. The Hall–Kier alpha value is -0.720. The molecule has 1 rings (SSSR count). The summed E-state index contributed by atoms with van der Waals surface area (Å²) in [4.78, 5) is 2.91. The third kappa shape index (κ3) is 1.92. The van der Waals surface area contributed by atoms with Crippen LogP contribution in [0.2, 0.25) is 0 Å². The van der Waals surface area contributed by atoms with Crippen LogP contribution in [0.5, 0.6) is 0 Å². The topological polar surface area (TPSA) is 15.8 Å². The van der Waals surface area contributed by atoms with Crippen molar-refractivity contribution in [3.8, 4) is 0 Å². The lowest BCUT2D eigenvalue weighted by Crippen LogP contribution is -1.78. The van der Waals surface area contributed by atoms with Crippen molar-refractivity contribution >= 4 is 0 Å². The molecule has 0 saturated heterocycles. The van der Waals surface area contributed by atoms with Crippen LogP contribution in [0, 0.1) is 6.20 Å². The van der Waals surface area contributed by atoms with E-state index in [0.29, 0.717) is 0 Å². The maximum absolute atomic E-state index is 3.05. The number of hydrogen-bond acceptors (Lipinski definition) is 0. The lowest BCUT2D eigenvalue weighted by molar-refractivity contribution is 0.795. The van der Waals surface area contributed by atoms with Gasteiger partial charge in [-0.25, -0.2) is 0 Å². The number of hydrogen-bond donors (Lipinski definition) is 1. The Balaban J connectivity index is 2.30. The number of nitrogens with one attached hydrogen (secondary N) is 1. The van der Waals surface area contributed by atoms with Gasteiger partial charge in [0.25, 0.3) is 0 Å². The predicted molar refractivity (Wildman–Crippen MR) is 38.2 cm³/mol. The highest BCUT2D eigenvalue weighted by atomic mass is 14.6.